The first-order chi connectivity index (χ1) is 14.7. The maximum atomic E-state index is 12.3. The van der Waals surface area contributed by atoms with Gasteiger partial charge in [0.2, 0.25) is 0 Å². The predicted molar refractivity (Wildman–Crippen MR) is 122 cm³/mol. The lowest BCUT2D eigenvalue weighted by atomic mass is 10.1. The van der Waals surface area contributed by atoms with Gasteiger partial charge in [-0.3, -0.25) is 14.0 Å². The molecule has 0 amide bonds. The largest absolute Gasteiger partial charge is 0.373 e. The van der Waals surface area contributed by atoms with Crippen LogP contribution in [-0.4, -0.2) is 67.9 Å². The van der Waals surface area contributed by atoms with Gasteiger partial charge in [-0.25, -0.2) is 9.97 Å². The molecule has 0 aromatic carbocycles. The Labute approximate surface area is 185 Å². The number of hydrogen-bond acceptors (Lipinski definition) is 7. The Balaban J connectivity index is 2.02. The van der Waals surface area contributed by atoms with Crippen molar-refractivity contribution in [1.82, 2.24) is 24.2 Å². The SMILES string of the molecule is CCO[C@@H]1C(OP(C)N(C(C)C)C(C)C)[C@H](n2cnc3c(=O)[nH]c(C)nc32)O[C@@H]1CC. The molecule has 31 heavy (non-hydrogen) atoms. The van der Waals surface area contributed by atoms with Crippen LogP contribution in [0.4, 0.5) is 0 Å². The average Bonchev–Trinajstić information content (AvgIpc) is 3.23. The zero-order chi connectivity index (χ0) is 22.9. The molecular weight excluding hydrogens is 417 g/mol. The van der Waals surface area contributed by atoms with Crippen molar-refractivity contribution in [2.75, 3.05) is 13.3 Å². The van der Waals surface area contributed by atoms with Crippen molar-refractivity contribution in [3.8, 4) is 0 Å². The van der Waals surface area contributed by atoms with Gasteiger partial charge in [0.1, 0.15) is 26.3 Å². The Hall–Kier alpha value is -1.38. The third kappa shape index (κ3) is 4.86. The van der Waals surface area contributed by atoms with Gasteiger partial charge in [0, 0.05) is 18.7 Å². The zero-order valence-corrected chi connectivity index (χ0v) is 20.7. The van der Waals surface area contributed by atoms with E-state index in [1.807, 2.05) is 11.5 Å². The summed E-state index contributed by atoms with van der Waals surface area (Å²) in [5, 5.41) is 0. The highest BCUT2D eigenvalue weighted by atomic mass is 31.2. The number of imidazole rings is 1. The van der Waals surface area contributed by atoms with E-state index in [-0.39, 0.29) is 23.9 Å². The molecule has 9 nitrogen and oxygen atoms in total. The van der Waals surface area contributed by atoms with Crippen molar-refractivity contribution in [3.05, 3.63) is 22.5 Å². The Morgan fingerprint density at radius 1 is 1.26 bits per heavy atom. The van der Waals surface area contributed by atoms with Gasteiger partial charge in [-0.15, -0.1) is 0 Å². The first-order valence-corrected chi connectivity index (χ1v) is 12.7. The van der Waals surface area contributed by atoms with Crippen molar-refractivity contribution >= 4 is 19.5 Å². The second kappa shape index (κ2) is 10.0. The lowest BCUT2D eigenvalue weighted by molar-refractivity contribution is -0.0360. The van der Waals surface area contributed by atoms with Crippen LogP contribution >= 0.6 is 8.30 Å². The number of fused-ring (bicyclic) bond motifs is 1. The number of nitrogens with one attached hydrogen (secondary N) is 1. The molecule has 1 saturated heterocycles. The number of nitrogens with zero attached hydrogens (tertiary/aromatic N) is 4. The normalized spacial score (nSPS) is 25.4. The average molecular weight is 454 g/mol. The number of aromatic amines is 1. The number of ether oxygens (including phenoxy) is 2. The summed E-state index contributed by atoms with van der Waals surface area (Å²) in [4.78, 5) is 23.9. The highest BCUT2D eigenvalue weighted by Crippen LogP contribution is 2.48. The summed E-state index contributed by atoms with van der Waals surface area (Å²) in [5.41, 5.74) is 0.538. The van der Waals surface area contributed by atoms with E-state index in [0.717, 1.165) is 6.42 Å². The van der Waals surface area contributed by atoms with Gasteiger partial charge in [-0.05, 0) is 54.6 Å². The molecular formula is C21H36N5O4P. The summed E-state index contributed by atoms with van der Waals surface area (Å²) in [7, 11) is -0.902. The fraction of sp³-hybridized carbons (Fsp3) is 0.762. The van der Waals surface area contributed by atoms with Crippen LogP contribution in [0.15, 0.2) is 11.1 Å². The van der Waals surface area contributed by atoms with Crippen LogP contribution < -0.4 is 5.56 Å². The van der Waals surface area contributed by atoms with Crippen LogP contribution in [0.5, 0.6) is 0 Å². The van der Waals surface area contributed by atoms with Crippen molar-refractivity contribution in [3.63, 3.8) is 0 Å². The van der Waals surface area contributed by atoms with E-state index < -0.39 is 14.5 Å². The van der Waals surface area contributed by atoms with Crippen LogP contribution in [-0.2, 0) is 14.0 Å². The molecule has 10 heteroatoms. The number of H-pyrrole nitrogens is 1. The van der Waals surface area contributed by atoms with Crippen LogP contribution in [0.25, 0.3) is 11.2 Å². The fourth-order valence-corrected chi connectivity index (χ4v) is 6.45. The molecule has 1 N–H and O–H groups in total. The second-order valence-electron chi connectivity index (χ2n) is 8.47. The van der Waals surface area contributed by atoms with E-state index in [9.17, 15) is 4.79 Å². The first kappa shape index (κ1) is 24.3. The fourth-order valence-electron chi connectivity index (χ4n) is 4.47. The molecule has 1 aliphatic rings. The van der Waals surface area contributed by atoms with Gasteiger partial charge in [-0.2, -0.15) is 0 Å². The van der Waals surface area contributed by atoms with Crippen LogP contribution in [0.3, 0.4) is 0 Å². The molecule has 3 heterocycles. The quantitative estimate of drug-likeness (QED) is 0.580. The number of rotatable bonds is 9. The van der Waals surface area contributed by atoms with E-state index in [1.54, 1.807) is 13.3 Å². The van der Waals surface area contributed by atoms with E-state index in [1.165, 1.54) is 0 Å². The Morgan fingerprint density at radius 3 is 2.52 bits per heavy atom. The highest BCUT2D eigenvalue weighted by Gasteiger charge is 2.48. The summed E-state index contributed by atoms with van der Waals surface area (Å²) in [6, 6.07) is 0.697. The number of hydrogen-bond donors (Lipinski definition) is 1. The van der Waals surface area contributed by atoms with Gasteiger partial charge >= 0.3 is 0 Å². The lowest BCUT2D eigenvalue weighted by Crippen LogP contribution is -2.39. The van der Waals surface area contributed by atoms with Crippen molar-refractivity contribution < 1.29 is 14.0 Å². The number of aromatic nitrogens is 4. The van der Waals surface area contributed by atoms with Gasteiger partial charge in [0.05, 0.1) is 12.4 Å². The molecule has 2 aromatic rings. The molecule has 5 atom stereocenters. The molecule has 174 valence electrons. The Morgan fingerprint density at radius 2 is 1.94 bits per heavy atom. The van der Waals surface area contributed by atoms with Crippen molar-refractivity contribution in [1.29, 1.82) is 0 Å². The second-order valence-corrected chi connectivity index (χ2v) is 10.1. The predicted octanol–water partition coefficient (Wildman–Crippen LogP) is 3.59. The number of aryl methyl sites for hydroxylation is 1. The maximum absolute atomic E-state index is 12.3. The minimum absolute atomic E-state index is 0.120. The third-order valence-electron chi connectivity index (χ3n) is 5.53. The lowest BCUT2D eigenvalue weighted by Gasteiger charge is -2.38. The van der Waals surface area contributed by atoms with Gasteiger partial charge in [0.25, 0.3) is 5.56 Å². The minimum atomic E-state index is -0.902. The topological polar surface area (TPSA) is 94.5 Å². The van der Waals surface area contributed by atoms with E-state index >= 15 is 0 Å². The molecule has 2 aromatic heterocycles. The van der Waals surface area contributed by atoms with Crippen LogP contribution in [0.1, 0.15) is 60.0 Å². The summed E-state index contributed by atoms with van der Waals surface area (Å²) in [6.07, 6.45) is 1.25. The Bertz CT molecular complexity index is 922. The maximum Gasteiger partial charge on any atom is 0.279 e. The highest BCUT2D eigenvalue weighted by molar-refractivity contribution is 7.49. The summed E-state index contributed by atoms with van der Waals surface area (Å²) >= 11 is 0. The van der Waals surface area contributed by atoms with Crippen LogP contribution in [0, 0.1) is 6.92 Å². The van der Waals surface area contributed by atoms with E-state index in [2.05, 4.69) is 60.9 Å². The van der Waals surface area contributed by atoms with E-state index in [0.29, 0.717) is 35.7 Å². The first-order valence-electron chi connectivity index (χ1n) is 11.1. The molecule has 0 aliphatic carbocycles. The Kier molecular flexibility index (Phi) is 7.86. The molecule has 3 rings (SSSR count). The minimum Gasteiger partial charge on any atom is -0.373 e. The summed E-state index contributed by atoms with van der Waals surface area (Å²) in [6.45, 7) is 17.3. The molecule has 0 radical (unpaired) electrons. The molecule has 0 saturated carbocycles. The third-order valence-corrected chi connectivity index (χ3v) is 7.65. The monoisotopic (exact) mass is 453 g/mol. The van der Waals surface area contributed by atoms with E-state index in [4.69, 9.17) is 14.0 Å². The molecule has 1 aliphatic heterocycles. The molecule has 1 fully saturated rings. The van der Waals surface area contributed by atoms with Gasteiger partial charge in [-0.1, -0.05) is 6.92 Å². The summed E-state index contributed by atoms with van der Waals surface area (Å²) < 4.78 is 23.5. The standard InChI is InChI=1S/C21H36N5O4P/c1-9-15-17(28-10-2)18(30-31(8)26(12(3)4)13(5)6)21(29-15)25-11-22-16-19(25)23-14(7)24-20(16)27/h11-13,15,17-18,21H,9-10H2,1-8H3,(H,23,24,27)/t15-,17+,18?,21-,31?/m1/s1. The van der Waals surface area contributed by atoms with Crippen molar-refractivity contribution in [2.24, 2.45) is 0 Å². The van der Waals surface area contributed by atoms with Gasteiger partial charge < -0.3 is 19.0 Å². The molecule has 0 bridgehead atoms. The zero-order valence-electron chi connectivity index (χ0n) is 19.8. The molecule has 0 spiro atoms. The summed E-state index contributed by atoms with van der Waals surface area (Å²) in [5.74, 6) is 0.534. The van der Waals surface area contributed by atoms with Gasteiger partial charge in [0.15, 0.2) is 17.4 Å². The van der Waals surface area contributed by atoms with Crippen molar-refractivity contribution in [2.45, 2.75) is 91.5 Å². The molecule has 2 unspecified atom stereocenters. The smallest absolute Gasteiger partial charge is 0.279 e. The van der Waals surface area contributed by atoms with Crippen LogP contribution in [0.2, 0.25) is 0 Å².